The average molecular weight is 304 g/mol. The third-order valence-corrected chi connectivity index (χ3v) is 2.78. The maximum Gasteiger partial charge on any atom is 0.397 e. The molecule has 0 aliphatic carbocycles. The summed E-state index contributed by atoms with van der Waals surface area (Å²) < 4.78 is 20.6. The second-order valence-electron chi connectivity index (χ2n) is 3.95. The topological polar surface area (TPSA) is 158 Å². The minimum atomic E-state index is -4.11. The van der Waals surface area contributed by atoms with Crippen LogP contribution in [-0.4, -0.2) is 44.3 Å². The molecular weight excluding hydrogens is 289 g/mol. The molecule has 6 N–H and O–H groups in total. The number of hydrogen-bond acceptors (Lipinski definition) is 6. The van der Waals surface area contributed by atoms with Crippen molar-refractivity contribution in [3.8, 4) is 6.01 Å². The van der Waals surface area contributed by atoms with Crippen LogP contribution in [0.3, 0.4) is 0 Å². The third kappa shape index (κ3) is 4.14. The van der Waals surface area contributed by atoms with Crippen LogP contribution in [0.2, 0.25) is 0 Å². The minimum absolute atomic E-state index is 0.126. The number of fused-ring (bicyclic) bond motifs is 1. The molecule has 0 amide bonds. The molecule has 2 aromatic rings. The van der Waals surface area contributed by atoms with Crippen LogP contribution < -0.4 is 15.5 Å². The highest BCUT2D eigenvalue weighted by atomic mass is 31.2. The second-order valence-corrected chi connectivity index (χ2v) is 5.54. The standard InChI is InChI=1S/C9H14N5O5P/c10-7-6-8(12-4-11-6)14-9(13-7)19-3-1-2-18-5-20(15,16)17/h4H,1-3,5H2,(H2,15,16,17)(H3,10,11,12,13,14)/p+1. The third-order valence-electron chi connectivity index (χ3n) is 2.27. The van der Waals surface area contributed by atoms with Gasteiger partial charge in [0.1, 0.15) is 6.35 Å². The van der Waals surface area contributed by atoms with Gasteiger partial charge < -0.3 is 25.0 Å². The van der Waals surface area contributed by atoms with E-state index in [2.05, 4.69) is 19.9 Å². The molecule has 11 heteroatoms. The van der Waals surface area contributed by atoms with Gasteiger partial charge in [0.15, 0.2) is 12.1 Å². The van der Waals surface area contributed by atoms with Gasteiger partial charge in [-0.1, -0.05) is 0 Å². The summed E-state index contributed by atoms with van der Waals surface area (Å²) >= 11 is 0. The monoisotopic (exact) mass is 304 g/mol. The SMILES string of the molecule is Nc1nc(OCCCOCP(=O)(O)O)nc2[nH+]c[nH]c12. The number of nitrogen functional groups attached to an aromatic ring is 1. The lowest BCUT2D eigenvalue weighted by Gasteiger charge is -2.05. The number of nitrogens with zero attached hydrogens (tertiary/aromatic N) is 2. The van der Waals surface area contributed by atoms with Crippen molar-refractivity contribution in [2.24, 2.45) is 0 Å². The molecule has 0 bridgehead atoms. The van der Waals surface area contributed by atoms with E-state index in [1.807, 2.05) is 0 Å². The first-order valence-corrected chi connectivity index (χ1v) is 7.53. The van der Waals surface area contributed by atoms with Gasteiger partial charge in [-0.05, 0) is 4.98 Å². The predicted octanol–water partition coefficient (Wildman–Crippen LogP) is -0.725. The van der Waals surface area contributed by atoms with E-state index in [1.54, 1.807) is 6.33 Å². The Labute approximate surface area is 113 Å². The summed E-state index contributed by atoms with van der Waals surface area (Å²) in [6.45, 7) is 0.412. The molecular formula is C9H15N5O5P+. The van der Waals surface area contributed by atoms with Gasteiger partial charge in [0.2, 0.25) is 5.52 Å². The van der Waals surface area contributed by atoms with Gasteiger partial charge in [0, 0.05) is 6.42 Å². The molecule has 0 fully saturated rings. The van der Waals surface area contributed by atoms with E-state index >= 15 is 0 Å². The number of nitrogens with one attached hydrogen (secondary N) is 2. The molecule has 0 saturated carbocycles. The van der Waals surface area contributed by atoms with Gasteiger partial charge in [-0.2, -0.15) is 4.98 Å². The number of rotatable bonds is 7. The molecule has 110 valence electrons. The molecule has 2 rings (SSSR count). The van der Waals surface area contributed by atoms with Crippen molar-refractivity contribution >= 4 is 24.6 Å². The van der Waals surface area contributed by atoms with Crippen molar-refractivity contribution in [1.29, 1.82) is 0 Å². The number of hydrogen-bond donors (Lipinski definition) is 4. The van der Waals surface area contributed by atoms with E-state index in [0.29, 0.717) is 17.6 Å². The van der Waals surface area contributed by atoms with Gasteiger partial charge in [-0.3, -0.25) is 9.55 Å². The van der Waals surface area contributed by atoms with Crippen LogP contribution in [0.4, 0.5) is 5.82 Å². The summed E-state index contributed by atoms with van der Waals surface area (Å²) in [6, 6.07) is 0.126. The molecule has 0 saturated heterocycles. The number of anilines is 1. The number of aromatic amines is 2. The van der Waals surface area contributed by atoms with E-state index in [1.165, 1.54) is 0 Å². The molecule has 0 radical (unpaired) electrons. The first-order valence-electron chi connectivity index (χ1n) is 5.73. The number of nitrogens with two attached hydrogens (primary N) is 1. The van der Waals surface area contributed by atoms with Gasteiger partial charge in [0.25, 0.3) is 0 Å². The van der Waals surface area contributed by atoms with E-state index < -0.39 is 13.9 Å². The van der Waals surface area contributed by atoms with Crippen LogP contribution in [0.5, 0.6) is 6.01 Å². The quantitative estimate of drug-likeness (QED) is 0.385. The Morgan fingerprint density at radius 1 is 1.40 bits per heavy atom. The fourth-order valence-corrected chi connectivity index (χ4v) is 1.82. The van der Waals surface area contributed by atoms with Crippen molar-refractivity contribution < 1.29 is 28.8 Å². The van der Waals surface area contributed by atoms with Crippen LogP contribution in [0.15, 0.2) is 6.33 Å². The molecule has 2 aromatic heterocycles. The van der Waals surface area contributed by atoms with Crippen LogP contribution >= 0.6 is 7.60 Å². The first kappa shape index (κ1) is 14.7. The Balaban J connectivity index is 1.77. The highest BCUT2D eigenvalue weighted by molar-refractivity contribution is 7.51. The normalized spacial score (nSPS) is 11.9. The molecule has 20 heavy (non-hydrogen) atoms. The van der Waals surface area contributed by atoms with Gasteiger partial charge in [-0.15, -0.1) is 0 Å². The Morgan fingerprint density at radius 2 is 2.20 bits per heavy atom. The predicted molar refractivity (Wildman–Crippen MR) is 67.8 cm³/mol. The zero-order valence-corrected chi connectivity index (χ0v) is 11.3. The molecule has 0 aliphatic heterocycles. The van der Waals surface area contributed by atoms with Crippen LogP contribution in [0, 0.1) is 0 Å². The molecule has 0 atom stereocenters. The minimum Gasteiger partial charge on any atom is -0.451 e. The lowest BCUT2D eigenvalue weighted by molar-refractivity contribution is -0.347. The number of aromatic nitrogens is 4. The second kappa shape index (κ2) is 6.14. The summed E-state index contributed by atoms with van der Waals surface area (Å²) in [5.74, 6) is 0.268. The van der Waals surface area contributed by atoms with Crippen molar-refractivity contribution in [2.45, 2.75) is 6.42 Å². The summed E-state index contributed by atoms with van der Waals surface area (Å²) in [5, 5.41) is 0. The molecule has 0 aromatic carbocycles. The zero-order chi connectivity index (χ0) is 14.6. The lowest BCUT2D eigenvalue weighted by atomic mass is 10.5. The summed E-state index contributed by atoms with van der Waals surface area (Å²) in [5.41, 5.74) is 6.84. The fraction of sp³-hybridized carbons (Fsp3) is 0.444. The van der Waals surface area contributed by atoms with Crippen LogP contribution in [0.1, 0.15) is 6.42 Å². The first-order chi connectivity index (χ1) is 9.46. The number of ether oxygens (including phenoxy) is 2. The summed E-state index contributed by atoms with van der Waals surface area (Å²) in [7, 11) is -4.11. The van der Waals surface area contributed by atoms with E-state index in [9.17, 15) is 4.57 Å². The maximum absolute atomic E-state index is 10.5. The molecule has 0 aliphatic rings. The van der Waals surface area contributed by atoms with E-state index in [-0.39, 0.29) is 25.0 Å². The zero-order valence-electron chi connectivity index (χ0n) is 10.4. The average Bonchev–Trinajstić information content (AvgIpc) is 2.81. The van der Waals surface area contributed by atoms with Gasteiger partial charge in [-0.25, -0.2) is 4.98 Å². The fourth-order valence-electron chi connectivity index (χ4n) is 1.45. The van der Waals surface area contributed by atoms with Crippen LogP contribution in [0.25, 0.3) is 11.2 Å². The van der Waals surface area contributed by atoms with Crippen molar-refractivity contribution in [1.82, 2.24) is 15.0 Å². The highest BCUT2D eigenvalue weighted by Gasteiger charge is 2.15. The summed E-state index contributed by atoms with van der Waals surface area (Å²) in [4.78, 5) is 30.9. The van der Waals surface area contributed by atoms with Crippen molar-refractivity contribution in [3.63, 3.8) is 0 Å². The Morgan fingerprint density at radius 3 is 2.95 bits per heavy atom. The van der Waals surface area contributed by atoms with E-state index in [4.69, 9.17) is 25.0 Å². The highest BCUT2D eigenvalue weighted by Crippen LogP contribution is 2.33. The Hall–Kier alpha value is -1.74. The van der Waals surface area contributed by atoms with Crippen molar-refractivity contribution in [2.75, 3.05) is 25.3 Å². The maximum atomic E-state index is 10.5. The lowest BCUT2D eigenvalue weighted by Crippen LogP contribution is -2.08. The van der Waals surface area contributed by atoms with Gasteiger partial charge in [0.05, 0.1) is 13.2 Å². The molecule has 10 nitrogen and oxygen atoms in total. The molecule has 0 unspecified atom stereocenters. The van der Waals surface area contributed by atoms with Gasteiger partial charge >= 0.3 is 19.3 Å². The molecule has 0 spiro atoms. The molecule has 2 heterocycles. The largest absolute Gasteiger partial charge is 0.451 e. The van der Waals surface area contributed by atoms with E-state index in [0.717, 1.165) is 0 Å². The smallest absolute Gasteiger partial charge is 0.397 e. The number of H-pyrrole nitrogens is 2. The van der Waals surface area contributed by atoms with Crippen LogP contribution in [-0.2, 0) is 9.30 Å². The Kier molecular flexibility index (Phi) is 4.50. The number of imidazole rings is 1. The van der Waals surface area contributed by atoms with Crippen molar-refractivity contribution in [3.05, 3.63) is 6.33 Å². The Bertz CT molecular complexity index is 626. The summed E-state index contributed by atoms with van der Waals surface area (Å²) in [6.07, 6.45) is 1.42.